The predicted molar refractivity (Wildman–Crippen MR) is 103 cm³/mol. The number of hydrogen-bond acceptors (Lipinski definition) is 4. The monoisotopic (exact) mass is 385 g/mol. The summed E-state index contributed by atoms with van der Waals surface area (Å²) in [6, 6.07) is 14.0. The standard InChI is InChI=1S/C21H21ClFN3O/c22-18-13-15(23)11-12-17(18)19(24-16-9-5-2-6-10-16)21-26-25-20(27-21)14-7-3-1-4-8-14/h1,3-4,7-8,11-13,16,19,24H,2,5-6,9-10H2/t19-/m0/s1. The molecule has 2 aromatic carbocycles. The molecule has 0 amide bonds. The van der Waals surface area contributed by atoms with Gasteiger partial charge >= 0.3 is 0 Å². The second-order valence-electron chi connectivity index (χ2n) is 6.91. The van der Waals surface area contributed by atoms with Crippen LogP contribution in [0, 0.1) is 5.82 Å². The molecule has 0 spiro atoms. The molecule has 4 rings (SSSR count). The zero-order valence-corrected chi connectivity index (χ0v) is 15.6. The summed E-state index contributed by atoms with van der Waals surface area (Å²) in [4.78, 5) is 0. The zero-order valence-electron chi connectivity index (χ0n) is 14.9. The van der Waals surface area contributed by atoms with Crippen molar-refractivity contribution in [2.75, 3.05) is 0 Å². The Morgan fingerprint density at radius 1 is 1.04 bits per heavy atom. The van der Waals surface area contributed by atoms with Crippen molar-refractivity contribution in [2.45, 2.75) is 44.2 Å². The van der Waals surface area contributed by atoms with Crippen molar-refractivity contribution in [1.29, 1.82) is 0 Å². The van der Waals surface area contributed by atoms with Gasteiger partial charge < -0.3 is 4.42 Å². The normalized spacial score (nSPS) is 16.4. The smallest absolute Gasteiger partial charge is 0.247 e. The molecule has 1 atom stereocenters. The minimum Gasteiger partial charge on any atom is -0.419 e. The first kappa shape index (κ1) is 18.1. The highest BCUT2D eigenvalue weighted by molar-refractivity contribution is 6.31. The molecule has 0 radical (unpaired) electrons. The van der Waals surface area contributed by atoms with E-state index in [0.717, 1.165) is 24.0 Å². The van der Waals surface area contributed by atoms with Gasteiger partial charge in [0.2, 0.25) is 11.8 Å². The summed E-state index contributed by atoms with van der Waals surface area (Å²) >= 11 is 6.35. The highest BCUT2D eigenvalue weighted by atomic mass is 35.5. The van der Waals surface area contributed by atoms with Gasteiger partial charge in [0.15, 0.2) is 0 Å². The molecule has 1 N–H and O–H groups in total. The van der Waals surface area contributed by atoms with Gasteiger partial charge in [0.25, 0.3) is 0 Å². The van der Waals surface area contributed by atoms with Crippen molar-refractivity contribution in [2.24, 2.45) is 0 Å². The lowest BCUT2D eigenvalue weighted by Gasteiger charge is -2.27. The van der Waals surface area contributed by atoms with Gasteiger partial charge in [0, 0.05) is 16.6 Å². The van der Waals surface area contributed by atoms with Crippen LogP contribution in [0.25, 0.3) is 11.5 Å². The summed E-state index contributed by atoms with van der Waals surface area (Å²) in [5.41, 5.74) is 1.60. The second-order valence-corrected chi connectivity index (χ2v) is 7.32. The second kappa shape index (κ2) is 8.19. The molecule has 140 valence electrons. The summed E-state index contributed by atoms with van der Waals surface area (Å²) in [6.45, 7) is 0. The van der Waals surface area contributed by atoms with Crippen LogP contribution in [0.15, 0.2) is 52.9 Å². The van der Waals surface area contributed by atoms with E-state index in [0.29, 0.717) is 22.8 Å². The van der Waals surface area contributed by atoms with Crippen LogP contribution >= 0.6 is 11.6 Å². The molecule has 6 heteroatoms. The van der Waals surface area contributed by atoms with Crippen molar-refractivity contribution in [3.8, 4) is 11.5 Å². The lowest BCUT2D eigenvalue weighted by atomic mass is 9.94. The average molecular weight is 386 g/mol. The largest absolute Gasteiger partial charge is 0.419 e. The number of nitrogens with one attached hydrogen (secondary N) is 1. The van der Waals surface area contributed by atoms with Gasteiger partial charge in [-0.3, -0.25) is 5.32 Å². The van der Waals surface area contributed by atoms with Gasteiger partial charge in [-0.1, -0.05) is 55.1 Å². The molecule has 1 fully saturated rings. The lowest BCUT2D eigenvalue weighted by Crippen LogP contribution is -2.35. The van der Waals surface area contributed by atoms with Gasteiger partial charge in [0.1, 0.15) is 11.9 Å². The quantitative estimate of drug-likeness (QED) is 0.626. The van der Waals surface area contributed by atoms with E-state index in [2.05, 4.69) is 15.5 Å². The fourth-order valence-corrected chi connectivity index (χ4v) is 3.86. The van der Waals surface area contributed by atoms with Crippen LogP contribution in [-0.4, -0.2) is 16.2 Å². The molecule has 1 aromatic heterocycles. The van der Waals surface area contributed by atoms with E-state index in [1.807, 2.05) is 30.3 Å². The molecule has 1 aliphatic rings. The maximum atomic E-state index is 13.5. The first-order valence-corrected chi connectivity index (χ1v) is 9.68. The van der Waals surface area contributed by atoms with E-state index >= 15 is 0 Å². The van der Waals surface area contributed by atoms with Gasteiger partial charge in [-0.15, -0.1) is 10.2 Å². The molecular weight excluding hydrogens is 365 g/mol. The number of rotatable bonds is 5. The highest BCUT2D eigenvalue weighted by Gasteiger charge is 2.27. The Kier molecular flexibility index (Phi) is 5.50. The Balaban J connectivity index is 1.68. The molecule has 27 heavy (non-hydrogen) atoms. The van der Waals surface area contributed by atoms with E-state index in [-0.39, 0.29) is 11.9 Å². The Morgan fingerprint density at radius 2 is 1.81 bits per heavy atom. The molecule has 4 nitrogen and oxygen atoms in total. The fraction of sp³-hybridized carbons (Fsp3) is 0.333. The van der Waals surface area contributed by atoms with Crippen molar-refractivity contribution in [1.82, 2.24) is 15.5 Å². The van der Waals surface area contributed by atoms with Crippen molar-refractivity contribution in [3.63, 3.8) is 0 Å². The summed E-state index contributed by atoms with van der Waals surface area (Å²) in [5, 5.41) is 12.4. The molecule has 0 saturated heterocycles. The van der Waals surface area contributed by atoms with Crippen LogP contribution in [0.2, 0.25) is 5.02 Å². The Labute approximate surface area is 162 Å². The van der Waals surface area contributed by atoms with Crippen molar-refractivity contribution < 1.29 is 8.81 Å². The third-order valence-electron chi connectivity index (χ3n) is 4.99. The third-order valence-corrected chi connectivity index (χ3v) is 5.32. The van der Waals surface area contributed by atoms with Crippen LogP contribution in [0.5, 0.6) is 0 Å². The van der Waals surface area contributed by atoms with Crippen LogP contribution in [-0.2, 0) is 0 Å². The summed E-state index contributed by atoms with van der Waals surface area (Å²) in [7, 11) is 0. The van der Waals surface area contributed by atoms with Gasteiger partial charge in [-0.25, -0.2) is 4.39 Å². The minimum absolute atomic E-state index is 0.344. The van der Waals surface area contributed by atoms with Crippen LogP contribution in [0.3, 0.4) is 0 Å². The van der Waals surface area contributed by atoms with Crippen LogP contribution in [0.4, 0.5) is 4.39 Å². The molecule has 1 heterocycles. The van der Waals surface area contributed by atoms with Crippen LogP contribution < -0.4 is 5.32 Å². The van der Waals surface area contributed by atoms with Gasteiger partial charge in [-0.2, -0.15) is 0 Å². The van der Waals surface area contributed by atoms with Crippen molar-refractivity contribution >= 4 is 11.6 Å². The number of benzene rings is 2. The number of halogens is 2. The molecule has 1 aliphatic carbocycles. The van der Waals surface area contributed by atoms with E-state index in [4.69, 9.17) is 16.0 Å². The average Bonchev–Trinajstić information content (AvgIpc) is 3.18. The fourth-order valence-electron chi connectivity index (χ4n) is 3.58. The zero-order chi connectivity index (χ0) is 18.6. The first-order valence-electron chi connectivity index (χ1n) is 9.30. The molecule has 0 unspecified atom stereocenters. The van der Waals surface area contributed by atoms with Gasteiger partial charge in [-0.05, 0) is 42.7 Å². The number of nitrogens with zero attached hydrogens (tertiary/aromatic N) is 2. The Morgan fingerprint density at radius 3 is 2.56 bits per heavy atom. The Bertz CT molecular complexity index is 893. The first-order chi connectivity index (χ1) is 13.2. The topological polar surface area (TPSA) is 51.0 Å². The number of hydrogen-bond donors (Lipinski definition) is 1. The maximum Gasteiger partial charge on any atom is 0.247 e. The molecule has 1 saturated carbocycles. The maximum absolute atomic E-state index is 13.5. The van der Waals surface area contributed by atoms with Crippen molar-refractivity contribution in [3.05, 3.63) is 70.8 Å². The van der Waals surface area contributed by atoms with Crippen LogP contribution in [0.1, 0.15) is 49.6 Å². The van der Waals surface area contributed by atoms with E-state index < -0.39 is 0 Å². The Hall–Kier alpha value is -2.24. The predicted octanol–water partition coefficient (Wildman–Crippen LogP) is 5.54. The number of aromatic nitrogens is 2. The molecular formula is C21H21ClFN3O. The van der Waals surface area contributed by atoms with E-state index in [1.54, 1.807) is 6.07 Å². The highest BCUT2D eigenvalue weighted by Crippen LogP contribution is 2.32. The molecule has 3 aromatic rings. The minimum atomic E-state index is -0.369. The van der Waals surface area contributed by atoms with Gasteiger partial charge in [0.05, 0.1) is 0 Å². The molecule has 0 bridgehead atoms. The molecule has 0 aliphatic heterocycles. The van der Waals surface area contributed by atoms with E-state index in [1.165, 1.54) is 31.4 Å². The summed E-state index contributed by atoms with van der Waals surface area (Å²) in [5.74, 6) is 0.530. The summed E-state index contributed by atoms with van der Waals surface area (Å²) in [6.07, 6.45) is 5.84. The SMILES string of the molecule is Fc1ccc([C@H](NC2CCCCC2)c2nnc(-c3ccccc3)o2)c(Cl)c1. The summed E-state index contributed by atoms with van der Waals surface area (Å²) < 4.78 is 19.5. The van der Waals surface area contributed by atoms with E-state index in [9.17, 15) is 4.39 Å². The lowest BCUT2D eigenvalue weighted by molar-refractivity contribution is 0.329. The third kappa shape index (κ3) is 4.20.